The minimum Gasteiger partial charge on any atom is -0.445 e. The van der Waals surface area contributed by atoms with E-state index in [0.717, 1.165) is 11.1 Å². The molecule has 3 fully saturated rings. The van der Waals surface area contributed by atoms with E-state index in [9.17, 15) is 40.0 Å². The number of nitrogens with zero attached hydrogens (tertiary/aromatic N) is 3. The van der Waals surface area contributed by atoms with Crippen molar-refractivity contribution in [2.45, 2.75) is 157 Å². The van der Waals surface area contributed by atoms with Crippen LogP contribution in [0.15, 0.2) is 217 Å². The van der Waals surface area contributed by atoms with Crippen molar-refractivity contribution in [1.82, 2.24) is 26.6 Å². The number of amides is 5. The van der Waals surface area contributed by atoms with Crippen LogP contribution >= 0.6 is 0 Å². The van der Waals surface area contributed by atoms with Gasteiger partial charge >= 0.3 is 24.4 Å². The summed E-state index contributed by atoms with van der Waals surface area (Å²) in [5, 5.41) is 54.5. The van der Waals surface area contributed by atoms with Crippen molar-refractivity contribution < 1.29 is 91.4 Å². The molecular formula is C75H84N8O19. The molecule has 27 nitrogen and oxygen atoms in total. The van der Waals surface area contributed by atoms with E-state index in [1.165, 1.54) is 0 Å². The van der Waals surface area contributed by atoms with Crippen LogP contribution in [0.2, 0.25) is 0 Å². The fourth-order valence-corrected chi connectivity index (χ4v) is 11.9. The van der Waals surface area contributed by atoms with E-state index in [2.05, 4.69) is 36.6 Å². The Hall–Kier alpha value is -10.0. The maximum absolute atomic E-state index is 15.7. The molecule has 3 aliphatic rings. The highest BCUT2D eigenvalue weighted by Gasteiger charge is 2.58. The molecule has 0 spiro atoms. The van der Waals surface area contributed by atoms with Gasteiger partial charge in [-0.15, -0.1) is 0 Å². The van der Waals surface area contributed by atoms with E-state index >= 15 is 4.79 Å². The number of carbonyl (C=O) groups excluding carboxylic acids is 5. The van der Waals surface area contributed by atoms with Gasteiger partial charge < -0.3 is 94.0 Å². The van der Waals surface area contributed by atoms with Crippen molar-refractivity contribution in [3.05, 3.63) is 262 Å². The van der Waals surface area contributed by atoms with Gasteiger partial charge in [-0.05, 0) is 57.3 Å². The third-order valence-electron chi connectivity index (χ3n) is 17.2. The Morgan fingerprint density at radius 2 is 0.882 bits per heavy atom. The van der Waals surface area contributed by atoms with Gasteiger partial charge in [-0.25, -0.2) is 19.2 Å². The first-order valence-electron chi connectivity index (χ1n) is 33.6. The zero-order valence-corrected chi connectivity index (χ0v) is 55.8. The molecule has 538 valence electrons. The molecule has 15 atom stereocenters. The second kappa shape index (κ2) is 39.3. The number of benzene rings is 7. The molecule has 1 saturated carbocycles. The quantitative estimate of drug-likeness (QED) is 0.00848. The molecule has 2 heterocycles. The molecule has 0 radical (unpaired) electrons. The fourth-order valence-electron chi connectivity index (χ4n) is 11.9. The highest BCUT2D eigenvalue weighted by molar-refractivity contribution is 5.81. The molecule has 7 aromatic rings. The normalized spacial score (nSPS) is 24.1. The lowest BCUT2D eigenvalue weighted by Gasteiger charge is -2.52. The number of hydrogen-bond donors (Lipinski definition) is 8. The van der Waals surface area contributed by atoms with Crippen LogP contribution in [0.25, 0.3) is 10.4 Å². The predicted octanol–water partition coefficient (Wildman–Crippen LogP) is 8.47. The Morgan fingerprint density at radius 3 is 1.35 bits per heavy atom. The molecule has 102 heavy (non-hydrogen) atoms. The first-order valence-corrected chi connectivity index (χ1v) is 33.6. The summed E-state index contributed by atoms with van der Waals surface area (Å²) >= 11 is 0. The third kappa shape index (κ3) is 22.5. The van der Waals surface area contributed by atoms with Gasteiger partial charge in [-0.3, -0.25) is 4.79 Å². The predicted molar refractivity (Wildman–Crippen MR) is 366 cm³/mol. The van der Waals surface area contributed by atoms with Crippen LogP contribution in [-0.2, 0) is 103 Å². The summed E-state index contributed by atoms with van der Waals surface area (Å²) < 4.78 is 69.8. The SMILES string of the molecule is [N-]=[N+]=N[C@@H]1C(OCc2ccccc2)[C@H](O[C@H]2C(O)C(O[C@@H]3O[C@H](CNC(=O)OCc4ccccc4)CCC3NC(=O)OCc3ccccc3)[C@@H](NC(=O)OCc3ccccc3)C(OCc3ccccc3)[C@H]2NC(=O)[C@@H](CCNC(=O)OCc2ccccc2)OCc2ccccc2)OC(CO)[C@@H]1O. The van der Waals surface area contributed by atoms with Crippen LogP contribution < -0.4 is 26.6 Å². The number of alkyl carbamates (subject to hydrolysis) is 4. The van der Waals surface area contributed by atoms with Gasteiger partial charge in [0, 0.05) is 24.4 Å². The average molecular weight is 1400 g/mol. The Labute approximate surface area is 589 Å². The van der Waals surface area contributed by atoms with Gasteiger partial charge in [0.2, 0.25) is 5.91 Å². The first kappa shape index (κ1) is 74.7. The zero-order chi connectivity index (χ0) is 71.3. The number of ether oxygens (including phenoxy) is 11. The van der Waals surface area contributed by atoms with E-state index in [0.29, 0.717) is 27.8 Å². The number of hydrogen-bond acceptors (Lipinski definition) is 20. The van der Waals surface area contributed by atoms with Crippen LogP contribution in [0, 0.1) is 0 Å². The molecule has 10 rings (SSSR count). The van der Waals surface area contributed by atoms with Gasteiger partial charge in [0.1, 0.15) is 69.2 Å². The lowest BCUT2D eigenvalue weighted by Crippen LogP contribution is -2.75. The van der Waals surface area contributed by atoms with Crippen molar-refractivity contribution in [2.24, 2.45) is 5.11 Å². The van der Waals surface area contributed by atoms with Gasteiger partial charge in [0.25, 0.3) is 0 Å². The van der Waals surface area contributed by atoms with Crippen molar-refractivity contribution >= 4 is 30.3 Å². The lowest BCUT2D eigenvalue weighted by molar-refractivity contribution is -0.328. The van der Waals surface area contributed by atoms with Crippen LogP contribution in [-0.4, -0.2) is 157 Å². The van der Waals surface area contributed by atoms with Gasteiger partial charge in [0.15, 0.2) is 12.6 Å². The van der Waals surface area contributed by atoms with E-state index < -0.39 is 129 Å². The second-order valence-corrected chi connectivity index (χ2v) is 24.4. The highest BCUT2D eigenvalue weighted by atomic mass is 16.7. The maximum Gasteiger partial charge on any atom is 0.407 e. The average Bonchev–Trinajstić information content (AvgIpc) is 0.752. The molecule has 0 bridgehead atoms. The minimum absolute atomic E-state index is 0.0369. The van der Waals surface area contributed by atoms with Gasteiger partial charge in [0.05, 0.1) is 62.8 Å². The zero-order valence-electron chi connectivity index (χ0n) is 55.8. The third-order valence-corrected chi connectivity index (χ3v) is 17.2. The number of carbonyl (C=O) groups is 5. The Morgan fingerprint density at radius 1 is 0.471 bits per heavy atom. The topological polar surface area (TPSA) is 356 Å². The minimum atomic E-state index is -2.10. The maximum atomic E-state index is 15.7. The van der Waals surface area contributed by atoms with Crippen molar-refractivity contribution in [3.8, 4) is 0 Å². The molecule has 0 aromatic heterocycles. The molecule has 5 amide bonds. The second-order valence-electron chi connectivity index (χ2n) is 24.4. The van der Waals surface area contributed by atoms with E-state index in [-0.39, 0.29) is 78.6 Å². The van der Waals surface area contributed by atoms with E-state index in [1.54, 1.807) is 176 Å². The molecule has 8 N–H and O–H groups in total. The molecule has 27 heteroatoms. The first-order chi connectivity index (χ1) is 49.9. The van der Waals surface area contributed by atoms with Crippen molar-refractivity contribution in [3.63, 3.8) is 0 Å². The Balaban J connectivity index is 1.06. The molecule has 2 saturated heterocycles. The van der Waals surface area contributed by atoms with E-state index in [4.69, 9.17) is 52.1 Å². The van der Waals surface area contributed by atoms with Gasteiger partial charge in [-0.2, -0.15) is 0 Å². The van der Waals surface area contributed by atoms with Crippen LogP contribution in [0.4, 0.5) is 19.2 Å². The molecule has 6 unspecified atom stereocenters. The molecule has 7 aromatic carbocycles. The summed E-state index contributed by atoms with van der Waals surface area (Å²) in [4.78, 5) is 74.1. The number of aliphatic hydroxyl groups excluding tert-OH is 3. The summed E-state index contributed by atoms with van der Waals surface area (Å²) in [6.45, 7) is -2.17. The smallest absolute Gasteiger partial charge is 0.407 e. The van der Waals surface area contributed by atoms with E-state index in [1.807, 2.05) is 36.4 Å². The van der Waals surface area contributed by atoms with Crippen LogP contribution in [0.3, 0.4) is 0 Å². The van der Waals surface area contributed by atoms with Gasteiger partial charge in [-0.1, -0.05) is 217 Å². The summed E-state index contributed by atoms with van der Waals surface area (Å²) in [7, 11) is 0. The molecule has 1 aliphatic carbocycles. The monoisotopic (exact) mass is 1400 g/mol. The van der Waals surface area contributed by atoms with Crippen molar-refractivity contribution in [2.75, 3.05) is 19.7 Å². The Kier molecular flexibility index (Phi) is 28.8. The summed E-state index contributed by atoms with van der Waals surface area (Å²) in [6, 6.07) is 56.6. The van der Waals surface area contributed by atoms with Crippen LogP contribution in [0.5, 0.6) is 0 Å². The fraction of sp³-hybridized carbons (Fsp3) is 0.373. The number of aliphatic hydroxyl groups is 3. The summed E-state index contributed by atoms with van der Waals surface area (Å²) in [6.07, 6.45) is -21.2. The number of azide groups is 1. The number of nitrogens with one attached hydrogen (secondary N) is 5. The lowest BCUT2D eigenvalue weighted by atomic mass is 9.80. The molecular weight excluding hydrogens is 1320 g/mol. The largest absolute Gasteiger partial charge is 0.445 e. The standard InChI is InChI=1S/C75H84N8O19/c76-83-82-60-63(85)59(41-84)100-71(68(60)94-44-51-26-12-3-13-27-51)102-66-61(80-69(87)58(92-42-49-22-8-1-9-23-49)38-39-77-72(88)95-45-52-28-14-4-15-29-52)65(93-43-50-24-10-2-11-25-50)62(81-75(91)98-48-55-34-20-7-21-35-55)67(64(66)86)101-70-57(79-74(90)97-47-54-32-18-6-19-33-54)37-36-56(99-70)40-78-73(89)96-46-53-30-16-5-17-31-53/h1-35,56-68,70-71,84-86H,36-48H2,(H,77,88)(H,78,89)(H,79,90)(H,80,87)(H,81,91)/t56-,57?,58+,59?,60-,61+,62-,63-,64?,65?,66+,67?,68?,70-,71-/m0/s1. The highest BCUT2D eigenvalue weighted by Crippen LogP contribution is 2.37. The molecule has 2 aliphatic heterocycles. The Bertz CT molecular complexity index is 3730. The van der Waals surface area contributed by atoms with Crippen LogP contribution in [0.1, 0.15) is 58.2 Å². The summed E-state index contributed by atoms with van der Waals surface area (Å²) in [5.41, 5.74) is 14.7. The number of rotatable bonds is 32. The summed E-state index contributed by atoms with van der Waals surface area (Å²) in [5.74, 6) is -0.849. The van der Waals surface area contributed by atoms with Crippen molar-refractivity contribution in [1.29, 1.82) is 0 Å².